The summed E-state index contributed by atoms with van der Waals surface area (Å²) in [5.41, 5.74) is 0.295. The van der Waals surface area contributed by atoms with Gasteiger partial charge in [-0.25, -0.2) is 18.2 Å². The van der Waals surface area contributed by atoms with Crippen molar-refractivity contribution in [3.63, 3.8) is 0 Å². The summed E-state index contributed by atoms with van der Waals surface area (Å²) < 4.78 is 27.0. The number of sulfonamides is 1. The largest absolute Gasteiger partial charge is 0.507 e. The molecule has 0 saturated carbocycles. The average Bonchev–Trinajstić information content (AvgIpc) is 2.68. The SMILES string of the molecule is O=C(O)c1cc(N=Nc2ccc(S(=O)(=O)Nc3ccccn3)cc2)ccc1O.[Ag]. The molecule has 3 rings (SSSR count). The summed E-state index contributed by atoms with van der Waals surface area (Å²) in [5, 5.41) is 26.3. The van der Waals surface area contributed by atoms with E-state index in [2.05, 4.69) is 19.9 Å². The Morgan fingerprint density at radius 1 is 0.966 bits per heavy atom. The summed E-state index contributed by atoms with van der Waals surface area (Å²) >= 11 is 0. The maximum absolute atomic E-state index is 12.3. The summed E-state index contributed by atoms with van der Waals surface area (Å²) in [6, 6.07) is 14.3. The minimum Gasteiger partial charge on any atom is -0.507 e. The van der Waals surface area contributed by atoms with Gasteiger partial charge in [0.25, 0.3) is 10.0 Å². The molecule has 0 bridgehead atoms. The van der Waals surface area contributed by atoms with Crippen molar-refractivity contribution in [2.75, 3.05) is 4.72 Å². The topological polar surface area (TPSA) is 141 Å². The van der Waals surface area contributed by atoms with Crippen LogP contribution in [0.15, 0.2) is 82.0 Å². The molecule has 11 heteroatoms. The van der Waals surface area contributed by atoms with E-state index in [1.54, 1.807) is 12.1 Å². The van der Waals surface area contributed by atoms with Gasteiger partial charge in [-0.15, -0.1) is 0 Å². The number of rotatable bonds is 6. The molecule has 0 aliphatic heterocycles. The zero-order chi connectivity index (χ0) is 20.1. The fourth-order valence-electron chi connectivity index (χ4n) is 2.18. The fraction of sp³-hybridized carbons (Fsp3) is 0. The quantitative estimate of drug-likeness (QED) is 0.344. The summed E-state index contributed by atoms with van der Waals surface area (Å²) in [6.07, 6.45) is 1.47. The molecule has 1 heterocycles. The Hall–Kier alpha value is -3.05. The Bertz CT molecular complexity index is 1140. The van der Waals surface area contributed by atoms with E-state index in [0.29, 0.717) is 5.69 Å². The fourth-order valence-corrected chi connectivity index (χ4v) is 3.19. The third-order valence-electron chi connectivity index (χ3n) is 3.54. The third kappa shape index (κ3) is 5.72. The first-order valence-corrected chi connectivity index (χ1v) is 9.35. The number of aromatic carboxylic acids is 1. The van der Waals surface area contributed by atoms with Gasteiger partial charge in [0.05, 0.1) is 16.3 Å². The summed E-state index contributed by atoms with van der Waals surface area (Å²) in [5.74, 6) is -1.46. The van der Waals surface area contributed by atoms with Gasteiger partial charge in [-0.2, -0.15) is 10.2 Å². The Balaban J connectivity index is 0.00000300. The van der Waals surface area contributed by atoms with Gasteiger partial charge in [0.15, 0.2) is 0 Å². The second-order valence-corrected chi connectivity index (χ2v) is 7.20. The molecule has 29 heavy (non-hydrogen) atoms. The third-order valence-corrected chi connectivity index (χ3v) is 4.91. The van der Waals surface area contributed by atoms with Crippen LogP contribution in [-0.4, -0.2) is 29.6 Å². The Morgan fingerprint density at radius 2 is 1.62 bits per heavy atom. The number of carboxylic acids is 1. The molecule has 0 atom stereocenters. The molecule has 0 aliphatic rings. The van der Waals surface area contributed by atoms with Crippen LogP contribution in [0, 0.1) is 0 Å². The number of pyridine rings is 1. The molecule has 3 N–H and O–H groups in total. The Kier molecular flexibility index (Phi) is 7.24. The van der Waals surface area contributed by atoms with Gasteiger partial charge >= 0.3 is 5.97 Å². The van der Waals surface area contributed by atoms with Crippen molar-refractivity contribution in [1.82, 2.24) is 4.98 Å². The molecule has 1 radical (unpaired) electrons. The van der Waals surface area contributed by atoms with Gasteiger partial charge < -0.3 is 10.2 Å². The molecule has 0 aliphatic carbocycles. The molecule has 0 unspecified atom stereocenters. The molecule has 0 amide bonds. The number of nitrogens with one attached hydrogen (secondary N) is 1. The van der Waals surface area contributed by atoms with Gasteiger partial charge in [0.2, 0.25) is 0 Å². The maximum Gasteiger partial charge on any atom is 0.339 e. The van der Waals surface area contributed by atoms with Crippen LogP contribution < -0.4 is 4.72 Å². The van der Waals surface area contributed by atoms with Gasteiger partial charge in [-0.05, 0) is 54.6 Å². The summed E-state index contributed by atoms with van der Waals surface area (Å²) in [6.45, 7) is 0. The second-order valence-electron chi connectivity index (χ2n) is 5.52. The van der Waals surface area contributed by atoms with E-state index >= 15 is 0 Å². The molecule has 2 aromatic carbocycles. The number of aromatic hydroxyl groups is 1. The number of aromatic nitrogens is 1. The van der Waals surface area contributed by atoms with E-state index in [0.717, 1.165) is 0 Å². The molecular formula is C18H14AgN4O5S. The first-order chi connectivity index (χ1) is 13.3. The molecule has 3 aromatic rings. The molecule has 0 fully saturated rings. The minimum absolute atomic E-state index is 0. The Labute approximate surface area is 181 Å². The smallest absolute Gasteiger partial charge is 0.339 e. The number of anilines is 1. The number of nitrogens with zero attached hydrogens (tertiary/aromatic N) is 3. The van der Waals surface area contributed by atoms with Crippen LogP contribution in [0.25, 0.3) is 0 Å². The van der Waals surface area contributed by atoms with E-state index in [4.69, 9.17) is 5.11 Å². The van der Waals surface area contributed by atoms with Crippen LogP contribution in [0.5, 0.6) is 5.75 Å². The number of carbonyl (C=O) groups is 1. The van der Waals surface area contributed by atoms with E-state index < -0.39 is 16.0 Å². The van der Waals surface area contributed by atoms with E-state index in [1.807, 2.05) is 0 Å². The van der Waals surface area contributed by atoms with Gasteiger partial charge in [-0.1, -0.05) is 6.07 Å². The van der Waals surface area contributed by atoms with Crippen molar-refractivity contribution in [3.05, 3.63) is 72.4 Å². The van der Waals surface area contributed by atoms with E-state index in [1.165, 1.54) is 54.7 Å². The first-order valence-electron chi connectivity index (χ1n) is 7.87. The van der Waals surface area contributed by atoms with Crippen molar-refractivity contribution in [1.29, 1.82) is 0 Å². The van der Waals surface area contributed by atoms with Crippen LogP contribution in [0.4, 0.5) is 17.2 Å². The second kappa shape index (κ2) is 9.43. The molecule has 0 saturated heterocycles. The summed E-state index contributed by atoms with van der Waals surface area (Å²) in [4.78, 5) is 14.9. The maximum atomic E-state index is 12.3. The number of hydrogen-bond donors (Lipinski definition) is 3. The monoisotopic (exact) mass is 505 g/mol. The zero-order valence-electron chi connectivity index (χ0n) is 14.5. The van der Waals surface area contributed by atoms with Gasteiger partial charge in [-0.3, -0.25) is 4.72 Å². The number of hydrogen-bond acceptors (Lipinski definition) is 7. The molecule has 9 nitrogen and oxygen atoms in total. The molecule has 0 spiro atoms. The molecule has 1 aromatic heterocycles. The van der Waals surface area contributed by atoms with E-state index in [9.17, 15) is 18.3 Å². The van der Waals surface area contributed by atoms with Crippen molar-refractivity contribution >= 4 is 33.2 Å². The predicted molar refractivity (Wildman–Crippen MR) is 101 cm³/mol. The van der Waals surface area contributed by atoms with Crippen molar-refractivity contribution in [2.45, 2.75) is 4.90 Å². The first kappa shape index (κ1) is 22.2. The van der Waals surface area contributed by atoms with Crippen molar-refractivity contribution in [2.24, 2.45) is 10.2 Å². The average molecular weight is 506 g/mol. The van der Waals surface area contributed by atoms with Crippen LogP contribution in [0.2, 0.25) is 0 Å². The van der Waals surface area contributed by atoms with Crippen LogP contribution in [-0.2, 0) is 32.4 Å². The normalized spacial score (nSPS) is 11.0. The number of phenols is 1. The van der Waals surface area contributed by atoms with Gasteiger partial charge in [0, 0.05) is 28.6 Å². The van der Waals surface area contributed by atoms with Gasteiger partial charge in [0.1, 0.15) is 17.1 Å². The van der Waals surface area contributed by atoms with Crippen LogP contribution in [0.3, 0.4) is 0 Å². The van der Waals surface area contributed by atoms with E-state index in [-0.39, 0.29) is 50.1 Å². The van der Waals surface area contributed by atoms with Crippen molar-refractivity contribution < 1.29 is 45.8 Å². The number of benzene rings is 2. The van der Waals surface area contributed by atoms with Crippen LogP contribution in [0.1, 0.15) is 10.4 Å². The molecule has 153 valence electrons. The van der Waals surface area contributed by atoms with Crippen molar-refractivity contribution in [3.8, 4) is 5.75 Å². The predicted octanol–water partition coefficient (Wildman–Crippen LogP) is 3.70. The standard InChI is InChI=1S/C18H14N4O5S.Ag/c23-16-9-6-13(11-15(16)18(24)25)21-20-12-4-7-14(8-5-12)28(26,27)22-17-3-1-2-10-19-17;/h1-11,23H,(H,19,22)(H,24,25);. The zero-order valence-corrected chi connectivity index (χ0v) is 16.8. The molecular weight excluding hydrogens is 492 g/mol. The Morgan fingerprint density at radius 3 is 2.24 bits per heavy atom. The number of azo groups is 1. The van der Waals surface area contributed by atoms with Crippen LogP contribution >= 0.6 is 0 Å². The summed E-state index contributed by atoms with van der Waals surface area (Å²) in [7, 11) is -3.79. The number of carboxylic acid groups (broad SMARTS) is 1. The minimum atomic E-state index is -3.79.